The highest BCUT2D eigenvalue weighted by molar-refractivity contribution is 6.09. The van der Waals surface area contributed by atoms with E-state index in [9.17, 15) is 30.0 Å². The maximum absolute atomic E-state index is 12.8. The summed E-state index contributed by atoms with van der Waals surface area (Å²) in [5, 5.41) is 42.5. The number of carbonyl (C=O) groups is 2. The smallest absolute Gasteiger partial charge is 0.328 e. The van der Waals surface area contributed by atoms with Crippen molar-refractivity contribution in [2.24, 2.45) is 0 Å². The van der Waals surface area contributed by atoms with Gasteiger partial charge in [-0.25, -0.2) is 4.79 Å². The van der Waals surface area contributed by atoms with Gasteiger partial charge in [0.2, 0.25) is 0 Å². The second-order valence-corrected chi connectivity index (χ2v) is 7.49. The number of ketones is 1. The van der Waals surface area contributed by atoms with Gasteiger partial charge in [0.05, 0.1) is 19.3 Å². The molecule has 5 N–H and O–H groups in total. The number of rotatable bonds is 7. The molecule has 0 amide bonds. The van der Waals surface area contributed by atoms with E-state index in [2.05, 4.69) is 5.32 Å². The Bertz CT molecular complexity index is 903. The second-order valence-electron chi connectivity index (χ2n) is 7.49. The van der Waals surface area contributed by atoms with Crippen LogP contribution < -0.4 is 5.32 Å². The van der Waals surface area contributed by atoms with Crippen LogP contribution in [0.1, 0.15) is 28.4 Å². The largest absolute Gasteiger partial charge is 0.480 e. The summed E-state index contributed by atoms with van der Waals surface area (Å²) in [5.74, 6) is -1.47. The number of benzene rings is 2. The van der Waals surface area contributed by atoms with E-state index in [-0.39, 0.29) is 12.4 Å². The number of aliphatic carboxylic acids is 1. The first-order valence-corrected chi connectivity index (χ1v) is 9.58. The number of carboxylic acids is 1. The van der Waals surface area contributed by atoms with E-state index < -0.39 is 42.5 Å². The summed E-state index contributed by atoms with van der Waals surface area (Å²) in [6.45, 7) is 0.846. The minimum atomic E-state index is -1.67. The van der Waals surface area contributed by atoms with Gasteiger partial charge in [-0.2, -0.15) is 0 Å². The predicted molar refractivity (Wildman–Crippen MR) is 107 cm³/mol. The van der Waals surface area contributed by atoms with Gasteiger partial charge in [-0.05, 0) is 18.6 Å². The van der Waals surface area contributed by atoms with Crippen LogP contribution in [-0.2, 0) is 15.1 Å². The van der Waals surface area contributed by atoms with Crippen LogP contribution in [0.2, 0.25) is 0 Å². The molecule has 1 aliphatic rings. The van der Waals surface area contributed by atoms with Gasteiger partial charge in [0, 0.05) is 11.1 Å². The van der Waals surface area contributed by atoms with E-state index in [0.717, 1.165) is 0 Å². The van der Waals surface area contributed by atoms with Crippen LogP contribution in [-0.4, -0.2) is 69.7 Å². The van der Waals surface area contributed by atoms with Gasteiger partial charge < -0.3 is 25.2 Å². The summed E-state index contributed by atoms with van der Waals surface area (Å²) in [6.07, 6.45) is -3.66. The average Bonchev–Trinajstić information content (AvgIpc) is 2.77. The monoisotopic (exact) mass is 415 g/mol. The highest BCUT2D eigenvalue weighted by Gasteiger charge is 2.44. The van der Waals surface area contributed by atoms with Crippen LogP contribution >= 0.6 is 0 Å². The highest BCUT2D eigenvalue weighted by Crippen LogP contribution is 2.26. The third-order valence-corrected chi connectivity index (χ3v) is 5.45. The molecule has 0 bridgehead atoms. The third-order valence-electron chi connectivity index (χ3n) is 5.45. The molecule has 5 atom stereocenters. The Morgan fingerprint density at radius 3 is 2.37 bits per heavy atom. The van der Waals surface area contributed by atoms with E-state index in [1.165, 1.54) is 13.0 Å². The van der Waals surface area contributed by atoms with Gasteiger partial charge in [-0.1, -0.05) is 48.5 Å². The molecule has 0 aromatic heterocycles. The summed E-state index contributed by atoms with van der Waals surface area (Å²) >= 11 is 0. The minimum absolute atomic E-state index is 0.102. The van der Waals surface area contributed by atoms with Crippen LogP contribution in [0.5, 0.6) is 0 Å². The van der Waals surface area contributed by atoms with Gasteiger partial charge in [0.15, 0.2) is 5.78 Å². The van der Waals surface area contributed by atoms with Crippen molar-refractivity contribution in [3.63, 3.8) is 0 Å². The maximum atomic E-state index is 12.8. The zero-order valence-corrected chi connectivity index (χ0v) is 16.4. The summed E-state index contributed by atoms with van der Waals surface area (Å²) in [7, 11) is 0. The quantitative estimate of drug-likeness (QED) is 0.407. The molecule has 3 rings (SSSR count). The van der Waals surface area contributed by atoms with E-state index in [1.807, 2.05) is 0 Å². The lowest BCUT2D eigenvalue weighted by Gasteiger charge is -2.41. The van der Waals surface area contributed by atoms with Crippen molar-refractivity contribution in [1.82, 2.24) is 5.32 Å². The number of hydrogen-bond acceptors (Lipinski definition) is 7. The number of aliphatic hydroxyl groups excluding tert-OH is 3. The van der Waals surface area contributed by atoms with Gasteiger partial charge in [0.25, 0.3) is 0 Å². The van der Waals surface area contributed by atoms with Gasteiger partial charge in [-0.15, -0.1) is 0 Å². The standard InChI is InChI=1S/C22H25NO7/c1-22(21(28)29,23-16-12-30-17(11-24)20(27)19(16)26)15-9-5-8-14(10-15)18(25)13-6-3-2-4-7-13/h2-10,16-17,19-20,23-24,26-27H,11-12H2,1H3,(H,28,29)/t16-,17+,19+,20+,22?/m0/s1. The topological polar surface area (TPSA) is 136 Å². The molecule has 2 aromatic carbocycles. The first kappa shape index (κ1) is 22.1. The van der Waals surface area contributed by atoms with Crippen LogP contribution in [0, 0.1) is 0 Å². The molecule has 8 heteroatoms. The molecule has 0 aliphatic carbocycles. The molecule has 0 saturated carbocycles. The Hall–Kier alpha value is -2.62. The SMILES string of the molecule is CC(N[C@H]1CO[C@H](CO)[C@@H](O)[C@@H]1O)(C(=O)O)c1cccc(C(=O)c2ccccc2)c1. The lowest BCUT2D eigenvalue weighted by Crippen LogP contribution is -2.64. The van der Waals surface area contributed by atoms with Crippen molar-refractivity contribution in [2.75, 3.05) is 13.2 Å². The van der Waals surface area contributed by atoms with Crippen LogP contribution in [0.3, 0.4) is 0 Å². The van der Waals surface area contributed by atoms with E-state index in [0.29, 0.717) is 16.7 Å². The second kappa shape index (κ2) is 9.03. The van der Waals surface area contributed by atoms with Crippen molar-refractivity contribution in [3.8, 4) is 0 Å². The van der Waals surface area contributed by atoms with Crippen LogP contribution in [0.25, 0.3) is 0 Å². The van der Waals surface area contributed by atoms with Crippen molar-refractivity contribution in [3.05, 3.63) is 71.3 Å². The molecule has 1 fully saturated rings. The van der Waals surface area contributed by atoms with E-state index in [1.54, 1.807) is 48.5 Å². The molecule has 1 aliphatic heterocycles. The first-order valence-electron chi connectivity index (χ1n) is 9.58. The van der Waals surface area contributed by atoms with E-state index in [4.69, 9.17) is 4.74 Å². The van der Waals surface area contributed by atoms with Crippen molar-refractivity contribution < 1.29 is 34.8 Å². The van der Waals surface area contributed by atoms with Crippen molar-refractivity contribution in [2.45, 2.75) is 36.8 Å². The fourth-order valence-corrected chi connectivity index (χ4v) is 3.54. The third kappa shape index (κ3) is 4.28. The molecule has 1 heterocycles. The molecule has 0 spiro atoms. The number of nitrogens with one attached hydrogen (secondary N) is 1. The Balaban J connectivity index is 1.89. The fraction of sp³-hybridized carbons (Fsp3) is 0.364. The fourth-order valence-electron chi connectivity index (χ4n) is 3.54. The Morgan fingerprint density at radius 2 is 1.73 bits per heavy atom. The molecule has 8 nitrogen and oxygen atoms in total. The van der Waals surface area contributed by atoms with Crippen LogP contribution in [0.4, 0.5) is 0 Å². The molecule has 160 valence electrons. The van der Waals surface area contributed by atoms with Gasteiger partial charge in [0.1, 0.15) is 23.9 Å². The Labute approximate surface area is 173 Å². The molecule has 1 saturated heterocycles. The van der Waals surface area contributed by atoms with Gasteiger partial charge in [-0.3, -0.25) is 10.1 Å². The molecule has 1 unspecified atom stereocenters. The molecular formula is C22H25NO7. The van der Waals surface area contributed by atoms with E-state index >= 15 is 0 Å². The van der Waals surface area contributed by atoms with Crippen molar-refractivity contribution >= 4 is 11.8 Å². The van der Waals surface area contributed by atoms with Gasteiger partial charge >= 0.3 is 5.97 Å². The summed E-state index contributed by atoms with van der Waals surface area (Å²) < 4.78 is 5.33. The molecule has 0 radical (unpaired) electrons. The number of aliphatic hydroxyl groups is 3. The number of carboxylic acid groups (broad SMARTS) is 1. The molecular weight excluding hydrogens is 390 g/mol. The maximum Gasteiger partial charge on any atom is 0.328 e. The first-order chi connectivity index (χ1) is 14.3. The summed E-state index contributed by atoms with van der Waals surface area (Å²) in [4.78, 5) is 24.9. The lowest BCUT2D eigenvalue weighted by molar-refractivity contribution is -0.169. The zero-order chi connectivity index (χ0) is 21.9. The number of carbonyl (C=O) groups excluding carboxylic acids is 1. The average molecular weight is 415 g/mol. The number of hydrogen-bond donors (Lipinski definition) is 5. The lowest BCUT2D eigenvalue weighted by atomic mass is 9.87. The summed E-state index contributed by atoms with van der Waals surface area (Å²) in [5.41, 5.74) is -0.557. The van der Waals surface area contributed by atoms with Crippen molar-refractivity contribution in [1.29, 1.82) is 0 Å². The summed E-state index contributed by atoms with van der Waals surface area (Å²) in [6, 6.07) is 14.0. The minimum Gasteiger partial charge on any atom is -0.480 e. The zero-order valence-electron chi connectivity index (χ0n) is 16.4. The van der Waals surface area contributed by atoms with Crippen LogP contribution in [0.15, 0.2) is 54.6 Å². The Kier molecular flexibility index (Phi) is 6.64. The molecule has 2 aromatic rings. The normalized spacial score (nSPS) is 26.0. The predicted octanol–water partition coefficient (Wildman–Crippen LogP) is 0.289. The Morgan fingerprint density at radius 1 is 1.07 bits per heavy atom. The number of ether oxygens (including phenoxy) is 1. The molecule has 30 heavy (non-hydrogen) atoms. The highest BCUT2D eigenvalue weighted by atomic mass is 16.5.